The van der Waals surface area contributed by atoms with Gasteiger partial charge in [-0.05, 0) is 31.0 Å². The molecular formula is C12H16BrN3O. The number of piperidine rings is 1. The summed E-state index contributed by atoms with van der Waals surface area (Å²) < 4.78 is 0.941. The highest BCUT2D eigenvalue weighted by atomic mass is 79.9. The molecule has 1 amide bonds. The number of nitrogens with two attached hydrogens (primary N) is 2. The van der Waals surface area contributed by atoms with Gasteiger partial charge >= 0.3 is 0 Å². The van der Waals surface area contributed by atoms with Crippen molar-refractivity contribution in [2.45, 2.75) is 18.9 Å². The zero-order chi connectivity index (χ0) is 12.4. The second kappa shape index (κ2) is 5.06. The van der Waals surface area contributed by atoms with Crippen LogP contribution in [0.5, 0.6) is 0 Å². The van der Waals surface area contributed by atoms with Gasteiger partial charge < -0.3 is 16.4 Å². The second-order valence-electron chi connectivity index (χ2n) is 4.37. The number of hydrogen-bond acceptors (Lipinski definition) is 3. The third-order valence-electron chi connectivity index (χ3n) is 3.02. The van der Waals surface area contributed by atoms with Crippen molar-refractivity contribution in [3.8, 4) is 0 Å². The Hall–Kier alpha value is -1.07. The summed E-state index contributed by atoms with van der Waals surface area (Å²) in [6, 6.07) is 5.68. The Morgan fingerprint density at radius 3 is 2.88 bits per heavy atom. The number of primary amides is 1. The first-order valence-corrected chi connectivity index (χ1v) is 6.47. The first kappa shape index (κ1) is 12.4. The van der Waals surface area contributed by atoms with Crippen molar-refractivity contribution in [2.24, 2.45) is 11.5 Å². The summed E-state index contributed by atoms with van der Waals surface area (Å²) in [6.07, 6.45) is 2.09. The Morgan fingerprint density at radius 1 is 1.47 bits per heavy atom. The van der Waals surface area contributed by atoms with Crippen LogP contribution < -0.4 is 16.4 Å². The molecule has 1 aromatic rings. The van der Waals surface area contributed by atoms with Crippen LogP contribution in [0.3, 0.4) is 0 Å². The normalized spacial score (nSPS) is 20.4. The number of amides is 1. The lowest BCUT2D eigenvalue weighted by atomic mass is 10.0. The number of halogens is 1. The molecule has 1 aliphatic rings. The van der Waals surface area contributed by atoms with Crippen molar-refractivity contribution in [3.63, 3.8) is 0 Å². The molecule has 4 N–H and O–H groups in total. The van der Waals surface area contributed by atoms with Crippen molar-refractivity contribution < 1.29 is 4.79 Å². The van der Waals surface area contributed by atoms with E-state index >= 15 is 0 Å². The summed E-state index contributed by atoms with van der Waals surface area (Å²) in [7, 11) is 0. The van der Waals surface area contributed by atoms with E-state index in [4.69, 9.17) is 11.5 Å². The maximum Gasteiger partial charge on any atom is 0.250 e. The summed E-state index contributed by atoms with van der Waals surface area (Å²) >= 11 is 3.42. The van der Waals surface area contributed by atoms with Crippen molar-refractivity contribution in [3.05, 3.63) is 28.2 Å². The van der Waals surface area contributed by atoms with Gasteiger partial charge in [-0.2, -0.15) is 0 Å². The monoisotopic (exact) mass is 297 g/mol. The van der Waals surface area contributed by atoms with E-state index in [2.05, 4.69) is 20.8 Å². The van der Waals surface area contributed by atoms with Crippen LogP contribution in [-0.4, -0.2) is 25.0 Å². The number of carbonyl (C=O) groups is 1. The van der Waals surface area contributed by atoms with E-state index in [0.29, 0.717) is 5.56 Å². The largest absolute Gasteiger partial charge is 0.369 e. The average Bonchev–Trinajstić information content (AvgIpc) is 2.28. The lowest BCUT2D eigenvalue weighted by molar-refractivity contribution is 0.100. The first-order chi connectivity index (χ1) is 8.08. The van der Waals surface area contributed by atoms with Crippen LogP contribution in [0.2, 0.25) is 0 Å². The molecule has 1 saturated heterocycles. The molecule has 1 atom stereocenters. The summed E-state index contributed by atoms with van der Waals surface area (Å²) in [4.78, 5) is 13.5. The summed E-state index contributed by atoms with van der Waals surface area (Å²) in [6.45, 7) is 1.70. The lowest BCUT2D eigenvalue weighted by Crippen LogP contribution is -2.43. The SMILES string of the molecule is NC(=O)c1ccc(Br)cc1N1CCCC(N)C1. The van der Waals surface area contributed by atoms with Gasteiger partial charge in [-0.3, -0.25) is 4.79 Å². The maximum atomic E-state index is 11.4. The molecule has 0 aliphatic carbocycles. The Morgan fingerprint density at radius 2 is 2.24 bits per heavy atom. The highest BCUT2D eigenvalue weighted by molar-refractivity contribution is 9.10. The van der Waals surface area contributed by atoms with Crippen molar-refractivity contribution in [2.75, 3.05) is 18.0 Å². The number of nitrogens with zero attached hydrogens (tertiary/aromatic N) is 1. The molecule has 0 radical (unpaired) electrons. The van der Waals surface area contributed by atoms with E-state index in [0.717, 1.165) is 36.1 Å². The van der Waals surface area contributed by atoms with Crippen molar-refractivity contribution >= 4 is 27.5 Å². The van der Waals surface area contributed by atoms with Gasteiger partial charge in [0.15, 0.2) is 0 Å². The molecule has 92 valence electrons. The minimum atomic E-state index is -0.397. The minimum Gasteiger partial charge on any atom is -0.369 e. The second-order valence-corrected chi connectivity index (χ2v) is 5.29. The summed E-state index contributed by atoms with van der Waals surface area (Å²) in [5, 5.41) is 0. The number of hydrogen-bond donors (Lipinski definition) is 2. The molecule has 1 aliphatic heterocycles. The van der Waals surface area contributed by atoms with E-state index in [-0.39, 0.29) is 6.04 Å². The third-order valence-corrected chi connectivity index (χ3v) is 3.52. The average molecular weight is 298 g/mol. The summed E-state index contributed by atoms with van der Waals surface area (Å²) in [5.74, 6) is -0.397. The van der Waals surface area contributed by atoms with Gasteiger partial charge in [-0.25, -0.2) is 0 Å². The maximum absolute atomic E-state index is 11.4. The first-order valence-electron chi connectivity index (χ1n) is 5.68. The molecule has 5 heteroatoms. The topological polar surface area (TPSA) is 72.4 Å². The van der Waals surface area contributed by atoms with Gasteiger partial charge in [0.1, 0.15) is 0 Å². The van der Waals surface area contributed by atoms with Crippen molar-refractivity contribution in [1.29, 1.82) is 0 Å². The van der Waals surface area contributed by atoms with Crippen LogP contribution in [0.25, 0.3) is 0 Å². The van der Waals surface area contributed by atoms with Gasteiger partial charge in [0.25, 0.3) is 5.91 Å². The van der Waals surface area contributed by atoms with E-state index < -0.39 is 5.91 Å². The third kappa shape index (κ3) is 2.79. The number of rotatable bonds is 2. The van der Waals surface area contributed by atoms with Gasteiger partial charge in [0, 0.05) is 23.6 Å². The van der Waals surface area contributed by atoms with Gasteiger partial charge in [0.05, 0.1) is 11.3 Å². The number of anilines is 1. The Bertz CT molecular complexity index is 436. The lowest BCUT2D eigenvalue weighted by Gasteiger charge is -2.33. The fraction of sp³-hybridized carbons (Fsp3) is 0.417. The Labute approximate surface area is 109 Å². The standard InChI is InChI=1S/C12H16BrN3O/c13-8-3-4-10(12(15)17)11(6-8)16-5-1-2-9(14)7-16/h3-4,6,9H,1-2,5,7,14H2,(H2,15,17). The fourth-order valence-corrected chi connectivity index (χ4v) is 2.55. The van der Waals surface area contributed by atoms with E-state index in [1.54, 1.807) is 6.07 Å². The van der Waals surface area contributed by atoms with Crippen LogP contribution in [0, 0.1) is 0 Å². The Kier molecular flexibility index (Phi) is 3.69. The molecular weight excluding hydrogens is 282 g/mol. The molecule has 1 heterocycles. The highest BCUT2D eigenvalue weighted by Gasteiger charge is 2.20. The predicted octanol–water partition coefficient (Wildman–Crippen LogP) is 1.48. The van der Waals surface area contributed by atoms with E-state index in [9.17, 15) is 4.79 Å². The van der Waals surface area contributed by atoms with Crippen molar-refractivity contribution in [1.82, 2.24) is 0 Å². The Balaban J connectivity index is 2.35. The van der Waals surface area contributed by atoms with Crippen LogP contribution >= 0.6 is 15.9 Å². The predicted molar refractivity (Wildman–Crippen MR) is 72.1 cm³/mol. The van der Waals surface area contributed by atoms with Gasteiger partial charge in [-0.1, -0.05) is 15.9 Å². The molecule has 0 saturated carbocycles. The summed E-state index contributed by atoms with van der Waals surface area (Å²) in [5.41, 5.74) is 12.8. The van der Waals surface area contributed by atoms with E-state index in [1.165, 1.54) is 0 Å². The molecule has 2 rings (SSSR count). The molecule has 1 aromatic carbocycles. The molecule has 0 aromatic heterocycles. The minimum absolute atomic E-state index is 0.170. The molecule has 4 nitrogen and oxygen atoms in total. The zero-order valence-electron chi connectivity index (χ0n) is 9.53. The molecule has 0 spiro atoms. The molecule has 1 unspecified atom stereocenters. The van der Waals surface area contributed by atoms with Gasteiger partial charge in [-0.15, -0.1) is 0 Å². The smallest absolute Gasteiger partial charge is 0.250 e. The van der Waals surface area contributed by atoms with Crippen LogP contribution in [-0.2, 0) is 0 Å². The number of benzene rings is 1. The zero-order valence-corrected chi connectivity index (χ0v) is 11.1. The van der Waals surface area contributed by atoms with E-state index in [1.807, 2.05) is 12.1 Å². The quantitative estimate of drug-likeness (QED) is 0.868. The fourth-order valence-electron chi connectivity index (χ4n) is 2.20. The number of carbonyl (C=O) groups excluding carboxylic acids is 1. The molecule has 1 fully saturated rings. The van der Waals surface area contributed by atoms with Crippen LogP contribution in [0.1, 0.15) is 23.2 Å². The van der Waals surface area contributed by atoms with Crippen LogP contribution in [0.4, 0.5) is 5.69 Å². The molecule has 17 heavy (non-hydrogen) atoms. The highest BCUT2D eigenvalue weighted by Crippen LogP contribution is 2.27. The van der Waals surface area contributed by atoms with Gasteiger partial charge in [0.2, 0.25) is 0 Å². The molecule has 0 bridgehead atoms. The van der Waals surface area contributed by atoms with Crippen LogP contribution in [0.15, 0.2) is 22.7 Å².